The highest BCUT2D eigenvalue weighted by Gasteiger charge is 2.62. The number of carbonyl (C=O) groups is 1. The first-order chi connectivity index (χ1) is 13.4. The van der Waals surface area contributed by atoms with Crippen LogP contribution >= 0.6 is 11.6 Å². The second kappa shape index (κ2) is 7.18. The van der Waals surface area contributed by atoms with Gasteiger partial charge in [0.2, 0.25) is 0 Å². The molecule has 3 aliphatic carbocycles. The highest BCUT2D eigenvalue weighted by atomic mass is 35.5. The molecule has 0 saturated carbocycles. The number of unbranched alkanes of at least 4 members (excludes halogenated alkanes) is 3. The van der Waals surface area contributed by atoms with E-state index in [4.69, 9.17) is 16.3 Å². The molecule has 0 aliphatic heterocycles. The van der Waals surface area contributed by atoms with Crippen LogP contribution in [0.15, 0.2) is 42.5 Å². The molecule has 0 fully saturated rings. The maximum absolute atomic E-state index is 12.9. The van der Waals surface area contributed by atoms with E-state index in [-0.39, 0.29) is 6.42 Å². The van der Waals surface area contributed by atoms with E-state index >= 15 is 0 Å². The summed E-state index contributed by atoms with van der Waals surface area (Å²) >= 11 is 6.17. The van der Waals surface area contributed by atoms with Crippen LogP contribution in [0.1, 0.15) is 61.3 Å². The topological polar surface area (TPSA) is 66.8 Å². The average Bonchev–Trinajstić information content (AvgIpc) is 2.69. The molecule has 5 rings (SSSR count). The van der Waals surface area contributed by atoms with E-state index in [2.05, 4.69) is 6.92 Å². The summed E-state index contributed by atoms with van der Waals surface area (Å²) in [6.45, 7) is 2.46. The fraction of sp³-hybridized carbons (Fsp3) is 0.435. The van der Waals surface area contributed by atoms with Gasteiger partial charge in [0, 0.05) is 11.4 Å². The zero-order chi connectivity index (χ0) is 19.9. The van der Waals surface area contributed by atoms with Gasteiger partial charge < -0.3 is 14.9 Å². The Labute approximate surface area is 170 Å². The third kappa shape index (κ3) is 2.78. The molecule has 0 amide bonds. The molecule has 2 aromatic carbocycles. The normalized spacial score (nSPS) is 27.2. The Kier molecular flexibility index (Phi) is 4.98. The van der Waals surface area contributed by atoms with E-state index in [9.17, 15) is 15.0 Å². The number of rotatable bonds is 6. The summed E-state index contributed by atoms with van der Waals surface area (Å²) in [7, 11) is 0. The number of ether oxygens (including phenoxy) is 1. The molecular formula is C23H25ClO4. The van der Waals surface area contributed by atoms with Crippen LogP contribution in [-0.2, 0) is 20.7 Å². The van der Waals surface area contributed by atoms with Gasteiger partial charge in [0.25, 0.3) is 0 Å². The quantitative estimate of drug-likeness (QED) is 0.561. The molecule has 2 bridgehead atoms. The minimum atomic E-state index is -1.54. The number of fused-ring (bicyclic) bond motifs is 1. The lowest BCUT2D eigenvalue weighted by atomic mass is 9.54. The van der Waals surface area contributed by atoms with Crippen molar-refractivity contribution in [1.82, 2.24) is 0 Å². The molecule has 4 nitrogen and oxygen atoms in total. The second-order valence-corrected chi connectivity index (χ2v) is 8.28. The third-order valence-electron chi connectivity index (χ3n) is 6.15. The molecule has 0 saturated heterocycles. The van der Waals surface area contributed by atoms with E-state index in [1.165, 1.54) is 0 Å². The summed E-state index contributed by atoms with van der Waals surface area (Å²) in [5, 5.41) is 24.0. The van der Waals surface area contributed by atoms with Crippen LogP contribution in [0.5, 0.6) is 0 Å². The average molecular weight is 401 g/mol. The molecule has 0 radical (unpaired) electrons. The number of esters is 1. The maximum atomic E-state index is 12.9. The van der Waals surface area contributed by atoms with E-state index in [1.807, 2.05) is 12.1 Å². The van der Waals surface area contributed by atoms with Gasteiger partial charge in [0.15, 0.2) is 0 Å². The molecule has 2 aromatic rings. The highest BCUT2D eigenvalue weighted by Crippen LogP contribution is 2.60. The van der Waals surface area contributed by atoms with Crippen molar-refractivity contribution in [2.75, 3.05) is 6.61 Å². The summed E-state index contributed by atoms with van der Waals surface area (Å²) in [5.41, 5.74) is -0.648. The maximum Gasteiger partial charge on any atom is 0.312 e. The molecule has 148 valence electrons. The van der Waals surface area contributed by atoms with Crippen LogP contribution in [0.2, 0.25) is 5.02 Å². The van der Waals surface area contributed by atoms with E-state index in [1.54, 1.807) is 30.3 Å². The second-order valence-electron chi connectivity index (χ2n) is 7.85. The van der Waals surface area contributed by atoms with Gasteiger partial charge in [-0.1, -0.05) is 68.1 Å². The van der Waals surface area contributed by atoms with Gasteiger partial charge in [-0.2, -0.15) is 0 Å². The van der Waals surface area contributed by atoms with Crippen molar-refractivity contribution in [3.05, 3.63) is 69.7 Å². The number of halogens is 1. The summed E-state index contributed by atoms with van der Waals surface area (Å²) in [5.74, 6) is -1.33. The fourth-order valence-electron chi connectivity index (χ4n) is 4.75. The summed E-state index contributed by atoms with van der Waals surface area (Å²) in [4.78, 5) is 12.9. The van der Waals surface area contributed by atoms with Gasteiger partial charge in [0.1, 0.15) is 11.2 Å². The Morgan fingerprint density at radius 3 is 2.54 bits per heavy atom. The van der Waals surface area contributed by atoms with Gasteiger partial charge in [-0.15, -0.1) is 0 Å². The Hall–Kier alpha value is -1.88. The van der Waals surface area contributed by atoms with Crippen LogP contribution in [0, 0.1) is 5.92 Å². The SMILES string of the molecule is CCCCCCOC(=O)C1CC2(O)c3ccccc3C1(O)c1ccc(Cl)cc12. The summed E-state index contributed by atoms with van der Waals surface area (Å²) < 4.78 is 5.51. The molecule has 0 spiro atoms. The smallest absolute Gasteiger partial charge is 0.312 e. The number of hydrogen-bond acceptors (Lipinski definition) is 4. The van der Waals surface area contributed by atoms with E-state index < -0.39 is 23.1 Å². The predicted molar refractivity (Wildman–Crippen MR) is 107 cm³/mol. The van der Waals surface area contributed by atoms with Crippen molar-refractivity contribution in [2.45, 2.75) is 50.2 Å². The molecule has 3 atom stereocenters. The molecule has 3 unspecified atom stereocenters. The number of benzene rings is 2. The lowest BCUT2D eigenvalue weighted by Gasteiger charge is -2.53. The van der Waals surface area contributed by atoms with Gasteiger partial charge >= 0.3 is 5.97 Å². The van der Waals surface area contributed by atoms with E-state index in [0.29, 0.717) is 33.9 Å². The van der Waals surface area contributed by atoms with Crippen molar-refractivity contribution in [1.29, 1.82) is 0 Å². The number of hydrogen-bond donors (Lipinski definition) is 2. The molecule has 2 N–H and O–H groups in total. The molecule has 28 heavy (non-hydrogen) atoms. The zero-order valence-electron chi connectivity index (χ0n) is 16.0. The predicted octanol–water partition coefficient (Wildman–Crippen LogP) is 4.27. The molecular weight excluding hydrogens is 376 g/mol. The first kappa shape index (κ1) is 19.4. The Morgan fingerprint density at radius 2 is 1.79 bits per heavy atom. The van der Waals surface area contributed by atoms with Crippen LogP contribution in [0.3, 0.4) is 0 Å². The Balaban J connectivity index is 1.73. The monoisotopic (exact) mass is 400 g/mol. The number of aliphatic hydroxyl groups is 2. The fourth-order valence-corrected chi connectivity index (χ4v) is 4.92. The summed E-state index contributed by atoms with van der Waals surface area (Å²) in [6, 6.07) is 12.3. The Bertz CT molecular complexity index is 911. The van der Waals surface area contributed by atoms with Crippen molar-refractivity contribution >= 4 is 17.6 Å². The molecule has 0 heterocycles. The van der Waals surface area contributed by atoms with E-state index in [0.717, 1.165) is 25.7 Å². The minimum Gasteiger partial charge on any atom is -0.465 e. The minimum absolute atomic E-state index is 0.0711. The Morgan fingerprint density at radius 1 is 1.07 bits per heavy atom. The van der Waals surface area contributed by atoms with Gasteiger partial charge in [-0.25, -0.2) is 0 Å². The van der Waals surface area contributed by atoms with Gasteiger partial charge in [-0.05, 0) is 40.8 Å². The van der Waals surface area contributed by atoms with Crippen molar-refractivity contribution in [2.24, 2.45) is 5.92 Å². The molecule has 0 aromatic heterocycles. The third-order valence-corrected chi connectivity index (χ3v) is 6.39. The summed E-state index contributed by atoms with van der Waals surface area (Å²) in [6.07, 6.45) is 4.10. The van der Waals surface area contributed by atoms with Gasteiger partial charge in [0.05, 0.1) is 12.5 Å². The van der Waals surface area contributed by atoms with Crippen LogP contribution < -0.4 is 0 Å². The lowest BCUT2D eigenvalue weighted by Crippen LogP contribution is -2.57. The highest BCUT2D eigenvalue weighted by molar-refractivity contribution is 6.30. The molecule has 5 heteroatoms. The first-order valence-electron chi connectivity index (χ1n) is 9.94. The van der Waals surface area contributed by atoms with Gasteiger partial charge in [-0.3, -0.25) is 4.79 Å². The van der Waals surface area contributed by atoms with Crippen LogP contribution in [0.4, 0.5) is 0 Å². The molecule has 3 aliphatic rings. The number of carbonyl (C=O) groups excluding carboxylic acids is 1. The first-order valence-corrected chi connectivity index (χ1v) is 10.3. The zero-order valence-corrected chi connectivity index (χ0v) is 16.7. The van der Waals surface area contributed by atoms with Crippen molar-refractivity contribution in [3.8, 4) is 0 Å². The van der Waals surface area contributed by atoms with Crippen molar-refractivity contribution in [3.63, 3.8) is 0 Å². The lowest BCUT2D eigenvalue weighted by molar-refractivity contribution is -0.167. The standard InChI is InChI=1S/C23H25ClO4/c1-2-3-4-7-12-28-21(25)20-14-22(26)16-8-5-6-9-17(16)23(20,27)18-11-10-15(24)13-19(18)22/h5-6,8-11,13,20,26-27H,2-4,7,12,14H2,1H3. The largest absolute Gasteiger partial charge is 0.465 e. The van der Waals surface area contributed by atoms with Crippen molar-refractivity contribution < 1.29 is 19.7 Å². The van der Waals surface area contributed by atoms with Crippen LogP contribution in [-0.4, -0.2) is 22.8 Å². The van der Waals surface area contributed by atoms with Crippen LogP contribution in [0.25, 0.3) is 0 Å².